The molecule has 1 atom stereocenters. The molecule has 0 fully saturated rings. The highest BCUT2D eigenvalue weighted by Gasteiger charge is 2.08. The maximum atomic E-state index is 6.15. The normalized spacial score (nSPS) is 11.9. The van der Waals surface area contributed by atoms with Crippen molar-refractivity contribution < 1.29 is 0 Å². The fourth-order valence-corrected chi connectivity index (χ4v) is 2.56. The minimum absolute atomic E-state index is 0. The molecule has 0 aliphatic carbocycles. The summed E-state index contributed by atoms with van der Waals surface area (Å²) in [7, 11) is 0. The van der Waals surface area contributed by atoms with Crippen LogP contribution >= 0.6 is 35.5 Å². The van der Waals surface area contributed by atoms with Crippen molar-refractivity contribution in [1.29, 1.82) is 0 Å². The summed E-state index contributed by atoms with van der Waals surface area (Å²) in [4.78, 5) is 1.27. The molecule has 0 aliphatic rings. The van der Waals surface area contributed by atoms with Gasteiger partial charge in [-0.05, 0) is 46.3 Å². The van der Waals surface area contributed by atoms with E-state index < -0.39 is 0 Å². The molecule has 16 heavy (non-hydrogen) atoms. The van der Waals surface area contributed by atoms with E-state index in [2.05, 4.69) is 47.3 Å². The Bertz CT molecular complexity index is 411. The number of halogens is 1. The molecule has 86 valence electrons. The average Bonchev–Trinajstić information content (AvgIpc) is 2.82. The van der Waals surface area contributed by atoms with Gasteiger partial charge in [0, 0.05) is 4.90 Å². The van der Waals surface area contributed by atoms with Crippen molar-refractivity contribution in [2.75, 3.05) is 6.26 Å². The lowest BCUT2D eigenvalue weighted by atomic mass is 10.0. The molecule has 2 aromatic rings. The molecule has 0 saturated heterocycles. The SMILES string of the molecule is CSc1ccc([C@H](N)c2ccsc2)cc1.Cl. The maximum Gasteiger partial charge on any atom is 0.0559 e. The molecule has 0 radical (unpaired) electrons. The Kier molecular flexibility index (Phi) is 5.35. The molecule has 0 amide bonds. The van der Waals surface area contributed by atoms with Gasteiger partial charge in [-0.15, -0.1) is 24.2 Å². The van der Waals surface area contributed by atoms with E-state index in [1.165, 1.54) is 16.0 Å². The number of rotatable bonds is 3. The van der Waals surface area contributed by atoms with Gasteiger partial charge >= 0.3 is 0 Å². The van der Waals surface area contributed by atoms with Crippen molar-refractivity contribution >= 4 is 35.5 Å². The zero-order valence-corrected chi connectivity index (χ0v) is 11.4. The van der Waals surface area contributed by atoms with Gasteiger partial charge in [0.15, 0.2) is 0 Å². The van der Waals surface area contributed by atoms with E-state index in [1.54, 1.807) is 23.1 Å². The second kappa shape index (κ2) is 6.30. The van der Waals surface area contributed by atoms with Crippen molar-refractivity contribution in [2.45, 2.75) is 10.9 Å². The third-order valence-electron chi connectivity index (χ3n) is 2.38. The molecule has 0 unspecified atom stereocenters. The lowest BCUT2D eigenvalue weighted by Crippen LogP contribution is -2.10. The lowest BCUT2D eigenvalue weighted by Gasteiger charge is -2.10. The van der Waals surface area contributed by atoms with Crippen molar-refractivity contribution in [3.63, 3.8) is 0 Å². The van der Waals surface area contributed by atoms with Crippen LogP contribution in [0.15, 0.2) is 46.0 Å². The van der Waals surface area contributed by atoms with E-state index in [9.17, 15) is 0 Å². The van der Waals surface area contributed by atoms with Gasteiger partial charge in [0.05, 0.1) is 6.04 Å². The van der Waals surface area contributed by atoms with Crippen LogP contribution in [0.25, 0.3) is 0 Å². The average molecular weight is 272 g/mol. The fraction of sp³-hybridized carbons (Fsp3) is 0.167. The van der Waals surface area contributed by atoms with E-state index in [4.69, 9.17) is 5.73 Å². The van der Waals surface area contributed by atoms with Gasteiger partial charge in [-0.1, -0.05) is 12.1 Å². The largest absolute Gasteiger partial charge is 0.320 e. The van der Waals surface area contributed by atoms with Crippen LogP contribution in [-0.4, -0.2) is 6.26 Å². The number of benzene rings is 1. The van der Waals surface area contributed by atoms with Crippen LogP contribution in [0.4, 0.5) is 0 Å². The molecule has 1 nitrogen and oxygen atoms in total. The standard InChI is InChI=1S/C12H13NS2.ClH/c1-14-11-4-2-9(3-5-11)12(13)10-6-7-15-8-10;/h2-8,12H,13H2,1H3;1H/t12-;/m0./s1. The van der Waals surface area contributed by atoms with Crippen LogP contribution in [0.2, 0.25) is 0 Å². The molecule has 2 N–H and O–H groups in total. The number of thiophene rings is 1. The van der Waals surface area contributed by atoms with E-state index in [1.807, 2.05) is 0 Å². The number of thioether (sulfide) groups is 1. The first-order chi connectivity index (χ1) is 7.31. The Labute approximate surface area is 110 Å². The minimum atomic E-state index is 0. The highest BCUT2D eigenvalue weighted by molar-refractivity contribution is 7.98. The third kappa shape index (κ3) is 3.01. The Hall–Kier alpha value is -0.480. The van der Waals surface area contributed by atoms with Crippen molar-refractivity contribution in [1.82, 2.24) is 0 Å². The van der Waals surface area contributed by atoms with Crippen LogP contribution in [0, 0.1) is 0 Å². The summed E-state index contributed by atoms with van der Waals surface area (Å²) in [6.07, 6.45) is 2.08. The first kappa shape index (κ1) is 13.6. The highest BCUT2D eigenvalue weighted by atomic mass is 35.5. The second-order valence-electron chi connectivity index (χ2n) is 3.31. The summed E-state index contributed by atoms with van der Waals surface area (Å²) in [5.74, 6) is 0. The minimum Gasteiger partial charge on any atom is -0.320 e. The van der Waals surface area contributed by atoms with Gasteiger partial charge in [-0.25, -0.2) is 0 Å². The second-order valence-corrected chi connectivity index (χ2v) is 4.97. The van der Waals surface area contributed by atoms with Gasteiger partial charge in [-0.3, -0.25) is 0 Å². The Morgan fingerprint density at radius 2 is 1.81 bits per heavy atom. The van der Waals surface area contributed by atoms with E-state index in [0.717, 1.165) is 0 Å². The summed E-state index contributed by atoms with van der Waals surface area (Å²) in [5, 5.41) is 4.17. The van der Waals surface area contributed by atoms with Gasteiger partial charge in [0.25, 0.3) is 0 Å². The molecule has 1 aromatic carbocycles. The van der Waals surface area contributed by atoms with Crippen molar-refractivity contribution in [3.8, 4) is 0 Å². The van der Waals surface area contributed by atoms with Crippen molar-refractivity contribution in [3.05, 3.63) is 52.2 Å². The zero-order valence-electron chi connectivity index (χ0n) is 8.92. The zero-order chi connectivity index (χ0) is 10.7. The topological polar surface area (TPSA) is 26.0 Å². The van der Waals surface area contributed by atoms with E-state index in [-0.39, 0.29) is 18.4 Å². The Morgan fingerprint density at radius 3 is 2.31 bits per heavy atom. The summed E-state index contributed by atoms with van der Waals surface area (Å²) >= 11 is 3.43. The van der Waals surface area contributed by atoms with Crippen LogP contribution in [0.5, 0.6) is 0 Å². The summed E-state index contributed by atoms with van der Waals surface area (Å²) in [6, 6.07) is 10.5. The summed E-state index contributed by atoms with van der Waals surface area (Å²) in [6.45, 7) is 0. The molecule has 4 heteroatoms. The molecule has 1 heterocycles. The molecule has 0 saturated carbocycles. The summed E-state index contributed by atoms with van der Waals surface area (Å²) in [5.41, 5.74) is 8.52. The number of hydrogen-bond acceptors (Lipinski definition) is 3. The highest BCUT2D eigenvalue weighted by Crippen LogP contribution is 2.23. The monoisotopic (exact) mass is 271 g/mol. The van der Waals surface area contributed by atoms with Gasteiger partial charge in [0.2, 0.25) is 0 Å². The van der Waals surface area contributed by atoms with Gasteiger partial charge in [-0.2, -0.15) is 11.3 Å². The predicted octanol–water partition coefficient (Wildman–Crippen LogP) is 3.94. The van der Waals surface area contributed by atoms with Gasteiger partial charge < -0.3 is 5.73 Å². The molecular weight excluding hydrogens is 258 g/mol. The van der Waals surface area contributed by atoms with E-state index in [0.29, 0.717) is 0 Å². The molecular formula is C12H14ClNS2. The summed E-state index contributed by atoms with van der Waals surface area (Å²) < 4.78 is 0. The first-order valence-electron chi connectivity index (χ1n) is 4.73. The number of hydrogen-bond donors (Lipinski definition) is 1. The quantitative estimate of drug-likeness (QED) is 0.856. The van der Waals surface area contributed by atoms with Gasteiger partial charge in [0.1, 0.15) is 0 Å². The van der Waals surface area contributed by atoms with Crippen LogP contribution < -0.4 is 5.73 Å². The third-order valence-corrected chi connectivity index (χ3v) is 3.82. The first-order valence-corrected chi connectivity index (χ1v) is 6.89. The van der Waals surface area contributed by atoms with E-state index >= 15 is 0 Å². The molecule has 1 aromatic heterocycles. The molecule has 0 spiro atoms. The molecule has 0 aliphatic heterocycles. The Balaban J connectivity index is 0.00000128. The van der Waals surface area contributed by atoms with Crippen LogP contribution in [0.3, 0.4) is 0 Å². The predicted molar refractivity (Wildman–Crippen MR) is 75.8 cm³/mol. The smallest absolute Gasteiger partial charge is 0.0559 e. The number of nitrogens with two attached hydrogens (primary N) is 1. The molecule has 2 rings (SSSR count). The van der Waals surface area contributed by atoms with Crippen LogP contribution in [-0.2, 0) is 0 Å². The van der Waals surface area contributed by atoms with Crippen LogP contribution in [0.1, 0.15) is 17.2 Å². The fourth-order valence-electron chi connectivity index (χ4n) is 1.46. The van der Waals surface area contributed by atoms with Crippen molar-refractivity contribution in [2.24, 2.45) is 5.73 Å². The maximum absolute atomic E-state index is 6.15. The Morgan fingerprint density at radius 1 is 1.12 bits per heavy atom. The molecule has 0 bridgehead atoms. The lowest BCUT2D eigenvalue weighted by molar-refractivity contribution is 0.875.